The Kier molecular flexibility index (Phi) is 3.25. The van der Waals surface area contributed by atoms with Crippen LogP contribution < -0.4 is 0 Å². The number of aromatic carboxylic acids is 1. The number of carboxylic acid groups (broad SMARTS) is 1. The second-order valence-corrected chi connectivity index (χ2v) is 5.00. The normalized spacial score (nSPS) is 18.8. The second-order valence-electron chi connectivity index (χ2n) is 3.97. The van der Waals surface area contributed by atoms with Crippen LogP contribution in [0.25, 0.3) is 0 Å². The van der Waals surface area contributed by atoms with Crippen molar-refractivity contribution in [2.75, 3.05) is 6.61 Å². The first-order valence-electron chi connectivity index (χ1n) is 5.51. The molecule has 1 aliphatic rings. The number of hydrogen-bond acceptors (Lipinski definition) is 4. The maximum atomic E-state index is 10.8. The fourth-order valence-corrected chi connectivity index (χ4v) is 3.18. The molecule has 1 saturated carbocycles. The van der Waals surface area contributed by atoms with Gasteiger partial charge in [0.2, 0.25) is 0 Å². The van der Waals surface area contributed by atoms with Crippen molar-refractivity contribution in [3.05, 3.63) is 16.1 Å². The highest BCUT2D eigenvalue weighted by Gasteiger charge is 2.39. The molecule has 0 bridgehead atoms. The minimum atomic E-state index is -0.909. The van der Waals surface area contributed by atoms with Gasteiger partial charge in [0, 0.05) is 6.61 Å². The molecule has 4 nitrogen and oxygen atoms in total. The van der Waals surface area contributed by atoms with Crippen molar-refractivity contribution in [2.45, 2.75) is 38.2 Å². The summed E-state index contributed by atoms with van der Waals surface area (Å²) in [6.45, 7) is 2.60. The van der Waals surface area contributed by atoms with Crippen molar-refractivity contribution in [2.24, 2.45) is 0 Å². The number of ether oxygens (including phenoxy) is 1. The quantitative estimate of drug-likeness (QED) is 0.880. The number of rotatable bonds is 4. The predicted octanol–water partition coefficient (Wildman–Crippen LogP) is 2.65. The van der Waals surface area contributed by atoms with E-state index >= 15 is 0 Å². The Bertz CT molecular complexity index is 382. The van der Waals surface area contributed by atoms with E-state index in [1.54, 1.807) is 0 Å². The molecule has 1 aromatic heterocycles. The van der Waals surface area contributed by atoms with Crippen LogP contribution in [-0.2, 0) is 10.3 Å². The van der Waals surface area contributed by atoms with Crippen LogP contribution in [0.1, 0.15) is 47.3 Å². The van der Waals surface area contributed by atoms with Gasteiger partial charge in [-0.25, -0.2) is 9.78 Å². The molecule has 0 atom stereocenters. The number of carbonyl (C=O) groups is 1. The molecule has 2 rings (SSSR count). The highest BCUT2D eigenvalue weighted by atomic mass is 32.1. The molecular weight excluding hydrogens is 226 g/mol. The average molecular weight is 241 g/mol. The molecule has 88 valence electrons. The summed E-state index contributed by atoms with van der Waals surface area (Å²) in [5.41, 5.74) is -0.312. The lowest BCUT2D eigenvalue weighted by molar-refractivity contribution is -0.0391. The van der Waals surface area contributed by atoms with Gasteiger partial charge in [0.15, 0.2) is 0 Å². The summed E-state index contributed by atoms with van der Waals surface area (Å²) in [5, 5.41) is 9.71. The zero-order valence-electron chi connectivity index (χ0n) is 9.23. The Morgan fingerprint density at radius 3 is 2.81 bits per heavy atom. The monoisotopic (exact) mass is 241 g/mol. The average Bonchev–Trinajstić information content (AvgIpc) is 2.85. The third kappa shape index (κ3) is 1.97. The van der Waals surface area contributed by atoms with Crippen LogP contribution >= 0.6 is 11.3 Å². The smallest absolute Gasteiger partial charge is 0.347 e. The van der Waals surface area contributed by atoms with Crippen molar-refractivity contribution in [1.82, 2.24) is 4.98 Å². The molecular formula is C11H15NO3S. The molecule has 1 aliphatic carbocycles. The first-order chi connectivity index (χ1) is 7.68. The predicted molar refractivity (Wildman–Crippen MR) is 60.8 cm³/mol. The van der Waals surface area contributed by atoms with E-state index in [1.807, 2.05) is 6.92 Å². The van der Waals surface area contributed by atoms with Gasteiger partial charge in [0.1, 0.15) is 15.5 Å². The first kappa shape index (κ1) is 11.5. The summed E-state index contributed by atoms with van der Waals surface area (Å²) in [5.74, 6) is -0.909. The highest BCUT2D eigenvalue weighted by Crippen LogP contribution is 2.43. The van der Waals surface area contributed by atoms with Crippen LogP contribution in [0.4, 0.5) is 0 Å². The largest absolute Gasteiger partial charge is 0.477 e. The lowest BCUT2D eigenvalue weighted by Gasteiger charge is -2.26. The van der Waals surface area contributed by atoms with Crippen molar-refractivity contribution < 1.29 is 14.6 Å². The molecule has 0 radical (unpaired) electrons. The molecule has 1 aromatic rings. The van der Waals surface area contributed by atoms with Crippen molar-refractivity contribution >= 4 is 17.3 Å². The van der Waals surface area contributed by atoms with E-state index in [0.717, 1.165) is 30.7 Å². The van der Waals surface area contributed by atoms with E-state index in [4.69, 9.17) is 9.84 Å². The van der Waals surface area contributed by atoms with E-state index in [1.165, 1.54) is 17.5 Å². The summed E-state index contributed by atoms with van der Waals surface area (Å²) >= 11 is 1.24. The van der Waals surface area contributed by atoms with Gasteiger partial charge >= 0.3 is 5.97 Å². The first-order valence-corrected chi connectivity index (χ1v) is 6.33. The number of aromatic nitrogens is 1. The fraction of sp³-hybridized carbons (Fsp3) is 0.636. The maximum absolute atomic E-state index is 10.8. The summed E-state index contributed by atoms with van der Waals surface area (Å²) in [6.07, 6.45) is 5.59. The minimum Gasteiger partial charge on any atom is -0.477 e. The van der Waals surface area contributed by atoms with Gasteiger partial charge in [0.05, 0.1) is 6.20 Å². The number of carboxylic acids is 1. The van der Waals surface area contributed by atoms with Gasteiger partial charge in [-0.15, -0.1) is 11.3 Å². The summed E-state index contributed by atoms with van der Waals surface area (Å²) in [6, 6.07) is 0. The Morgan fingerprint density at radius 1 is 1.62 bits per heavy atom. The number of nitrogens with zero attached hydrogens (tertiary/aromatic N) is 1. The molecule has 0 unspecified atom stereocenters. The summed E-state index contributed by atoms with van der Waals surface area (Å²) < 4.78 is 5.82. The van der Waals surface area contributed by atoms with Crippen LogP contribution in [0, 0.1) is 0 Å². The lowest BCUT2D eigenvalue weighted by atomic mass is 10.0. The molecule has 0 amide bonds. The van der Waals surface area contributed by atoms with E-state index in [-0.39, 0.29) is 5.60 Å². The topological polar surface area (TPSA) is 59.4 Å². The van der Waals surface area contributed by atoms with E-state index in [9.17, 15) is 4.79 Å². The van der Waals surface area contributed by atoms with Crippen molar-refractivity contribution in [1.29, 1.82) is 0 Å². The van der Waals surface area contributed by atoms with E-state index in [0.29, 0.717) is 11.5 Å². The molecule has 0 saturated heterocycles. The van der Waals surface area contributed by atoms with Gasteiger partial charge in [-0.1, -0.05) is 12.8 Å². The Labute approximate surface area is 98.3 Å². The SMILES string of the molecule is CCOC1(c2ncc(C(=O)O)s2)CCCC1. The molecule has 0 aromatic carbocycles. The van der Waals surface area contributed by atoms with Crippen molar-refractivity contribution in [3.63, 3.8) is 0 Å². The molecule has 1 heterocycles. The molecule has 0 spiro atoms. The van der Waals surface area contributed by atoms with Gasteiger partial charge in [0.25, 0.3) is 0 Å². The van der Waals surface area contributed by atoms with Gasteiger partial charge in [-0.2, -0.15) is 0 Å². The third-order valence-corrected chi connectivity index (χ3v) is 4.11. The summed E-state index contributed by atoms with van der Waals surface area (Å²) in [7, 11) is 0. The van der Waals surface area contributed by atoms with E-state index < -0.39 is 5.97 Å². The molecule has 1 fully saturated rings. The van der Waals surface area contributed by atoms with Gasteiger partial charge in [-0.3, -0.25) is 0 Å². The van der Waals surface area contributed by atoms with Crippen molar-refractivity contribution in [3.8, 4) is 0 Å². The number of hydrogen-bond donors (Lipinski definition) is 1. The zero-order valence-corrected chi connectivity index (χ0v) is 10.0. The Morgan fingerprint density at radius 2 is 2.31 bits per heavy atom. The standard InChI is InChI=1S/C11H15NO3S/c1-2-15-11(5-3-4-6-11)10-12-7-8(16-10)9(13)14/h7H,2-6H2,1H3,(H,13,14). The van der Waals surface area contributed by atoms with Gasteiger partial charge < -0.3 is 9.84 Å². The zero-order chi connectivity index (χ0) is 11.6. The lowest BCUT2D eigenvalue weighted by Crippen LogP contribution is -2.25. The molecule has 16 heavy (non-hydrogen) atoms. The van der Waals surface area contributed by atoms with Gasteiger partial charge in [-0.05, 0) is 19.8 Å². The maximum Gasteiger partial charge on any atom is 0.347 e. The Balaban J connectivity index is 2.28. The fourth-order valence-electron chi connectivity index (χ4n) is 2.23. The number of thiazole rings is 1. The third-order valence-electron chi connectivity index (χ3n) is 2.94. The Hall–Kier alpha value is -0.940. The van der Waals surface area contributed by atoms with Crippen LogP contribution in [0.5, 0.6) is 0 Å². The molecule has 1 N–H and O–H groups in total. The summed E-state index contributed by atoms with van der Waals surface area (Å²) in [4.78, 5) is 15.3. The van der Waals surface area contributed by atoms with E-state index in [2.05, 4.69) is 4.98 Å². The molecule has 5 heteroatoms. The van der Waals surface area contributed by atoms with Crippen LogP contribution in [0.3, 0.4) is 0 Å². The van der Waals surface area contributed by atoms with Crippen LogP contribution in [0.2, 0.25) is 0 Å². The minimum absolute atomic E-state index is 0.293. The van der Waals surface area contributed by atoms with Crippen LogP contribution in [0.15, 0.2) is 6.20 Å². The van der Waals surface area contributed by atoms with Crippen LogP contribution in [-0.4, -0.2) is 22.7 Å². The molecule has 0 aliphatic heterocycles. The second kappa shape index (κ2) is 4.51. The highest BCUT2D eigenvalue weighted by molar-refractivity contribution is 7.13.